The Kier molecular flexibility index (Phi) is 5.19. The number of hydrogen-bond acceptors (Lipinski definition) is 3. The molecule has 0 unspecified atom stereocenters. The molecule has 0 radical (unpaired) electrons. The summed E-state index contributed by atoms with van der Waals surface area (Å²) in [6.07, 6.45) is 1.81. The Labute approximate surface area is 97.8 Å². The maximum atomic E-state index is 4.47. The Balaban J connectivity index is 2.64. The van der Waals surface area contributed by atoms with Crippen molar-refractivity contribution in [3.05, 3.63) is 23.8 Å². The van der Waals surface area contributed by atoms with E-state index in [0.717, 1.165) is 49.7 Å². The summed E-state index contributed by atoms with van der Waals surface area (Å²) in [5.74, 6) is 1.97. The van der Waals surface area contributed by atoms with Gasteiger partial charge in [-0.05, 0) is 12.1 Å². The monoisotopic (exact) mass is 222 g/mol. The van der Waals surface area contributed by atoms with Crippen molar-refractivity contribution in [1.29, 1.82) is 0 Å². The lowest BCUT2D eigenvalue weighted by atomic mass is 10.3. The number of nitrogens with zero attached hydrogens (tertiary/aromatic N) is 3. The molecule has 0 bridgehead atoms. The molecule has 0 aromatic carbocycles. The number of hydrogen-bond donors (Lipinski definition) is 1. The molecule has 0 amide bonds. The van der Waals surface area contributed by atoms with E-state index in [1.54, 1.807) is 0 Å². The Morgan fingerprint density at radius 2 is 2.06 bits per heavy atom. The van der Waals surface area contributed by atoms with Gasteiger partial charge in [-0.3, -0.25) is 0 Å². The molecule has 1 aromatic heterocycles. The predicted octanol–water partition coefficient (Wildman–Crippen LogP) is 1.57. The van der Waals surface area contributed by atoms with Gasteiger partial charge in [-0.25, -0.2) is 9.67 Å². The Bertz CT molecular complexity index is 341. The van der Waals surface area contributed by atoms with Gasteiger partial charge in [-0.2, -0.15) is 5.10 Å². The fraction of sp³-hybridized carbons (Fsp3) is 0.667. The third-order valence-corrected chi connectivity index (χ3v) is 2.42. The van der Waals surface area contributed by atoms with E-state index in [2.05, 4.69) is 42.7 Å². The van der Waals surface area contributed by atoms with Gasteiger partial charge >= 0.3 is 0 Å². The van der Waals surface area contributed by atoms with Crippen LogP contribution in [-0.4, -0.2) is 27.9 Å². The lowest BCUT2D eigenvalue weighted by molar-refractivity contribution is 0.609. The number of rotatable bonds is 7. The third-order valence-electron chi connectivity index (χ3n) is 2.42. The summed E-state index contributed by atoms with van der Waals surface area (Å²) in [5, 5.41) is 7.73. The first-order valence-corrected chi connectivity index (χ1v) is 6.01. The van der Waals surface area contributed by atoms with Gasteiger partial charge in [0, 0.05) is 19.4 Å². The molecule has 1 heterocycles. The Morgan fingerprint density at radius 3 is 2.62 bits per heavy atom. The first kappa shape index (κ1) is 12.9. The van der Waals surface area contributed by atoms with Crippen LogP contribution in [0.4, 0.5) is 0 Å². The van der Waals surface area contributed by atoms with Gasteiger partial charge in [-0.15, -0.1) is 0 Å². The van der Waals surface area contributed by atoms with E-state index >= 15 is 0 Å². The summed E-state index contributed by atoms with van der Waals surface area (Å²) in [6, 6.07) is 0. The van der Waals surface area contributed by atoms with Crippen molar-refractivity contribution < 1.29 is 0 Å². The van der Waals surface area contributed by atoms with Gasteiger partial charge in [-0.1, -0.05) is 27.4 Å². The maximum Gasteiger partial charge on any atom is 0.150 e. The second-order valence-corrected chi connectivity index (χ2v) is 3.84. The molecule has 16 heavy (non-hydrogen) atoms. The normalized spacial score (nSPS) is 10.7. The highest BCUT2D eigenvalue weighted by molar-refractivity contribution is 5.01. The summed E-state index contributed by atoms with van der Waals surface area (Å²) < 4.78 is 1.97. The minimum atomic E-state index is 0.767. The standard InChI is InChI=1S/C12H22N4/c1-5-11-14-12(6-2)16(15-11)9-10(4)8-13-7-3/h13H,4-9H2,1-3H3. The van der Waals surface area contributed by atoms with Crippen LogP contribution in [0.5, 0.6) is 0 Å². The van der Waals surface area contributed by atoms with E-state index < -0.39 is 0 Å². The SMILES string of the molecule is C=C(CNCC)Cn1nc(CC)nc1CC. The highest BCUT2D eigenvalue weighted by Crippen LogP contribution is 2.03. The molecule has 1 aromatic rings. The minimum absolute atomic E-state index is 0.767. The number of likely N-dealkylation sites (N-methyl/N-ethyl adjacent to an activating group) is 1. The largest absolute Gasteiger partial charge is 0.313 e. The molecule has 0 aliphatic rings. The quantitative estimate of drug-likeness (QED) is 0.712. The lowest BCUT2D eigenvalue weighted by Crippen LogP contribution is -2.19. The highest BCUT2D eigenvalue weighted by atomic mass is 15.3. The molecule has 4 nitrogen and oxygen atoms in total. The Hall–Kier alpha value is -1.16. The maximum absolute atomic E-state index is 4.47. The molecule has 0 saturated heterocycles. The molecular formula is C12H22N4. The van der Waals surface area contributed by atoms with Crippen molar-refractivity contribution in [2.24, 2.45) is 0 Å². The fourth-order valence-corrected chi connectivity index (χ4v) is 1.53. The molecule has 0 fully saturated rings. The zero-order valence-corrected chi connectivity index (χ0v) is 10.6. The van der Waals surface area contributed by atoms with E-state index in [9.17, 15) is 0 Å². The molecule has 90 valence electrons. The first-order chi connectivity index (χ1) is 7.71. The van der Waals surface area contributed by atoms with E-state index in [4.69, 9.17) is 0 Å². The topological polar surface area (TPSA) is 42.7 Å². The lowest BCUT2D eigenvalue weighted by Gasteiger charge is -2.07. The van der Waals surface area contributed by atoms with Crippen LogP contribution in [-0.2, 0) is 19.4 Å². The summed E-state index contributed by atoms with van der Waals surface area (Å²) in [4.78, 5) is 4.47. The minimum Gasteiger partial charge on any atom is -0.313 e. The zero-order chi connectivity index (χ0) is 12.0. The van der Waals surface area contributed by atoms with Crippen LogP contribution in [0.15, 0.2) is 12.2 Å². The van der Waals surface area contributed by atoms with Crippen molar-refractivity contribution in [2.75, 3.05) is 13.1 Å². The Morgan fingerprint density at radius 1 is 1.31 bits per heavy atom. The van der Waals surface area contributed by atoms with Crippen molar-refractivity contribution >= 4 is 0 Å². The van der Waals surface area contributed by atoms with Gasteiger partial charge in [0.1, 0.15) is 5.82 Å². The molecule has 0 atom stereocenters. The van der Waals surface area contributed by atoms with Gasteiger partial charge in [0.25, 0.3) is 0 Å². The van der Waals surface area contributed by atoms with Gasteiger partial charge in [0.2, 0.25) is 0 Å². The summed E-state index contributed by atoms with van der Waals surface area (Å²) in [7, 11) is 0. The molecule has 0 saturated carbocycles. The van der Waals surface area contributed by atoms with Crippen LogP contribution in [0.25, 0.3) is 0 Å². The summed E-state index contributed by atoms with van der Waals surface area (Å²) in [5.41, 5.74) is 1.14. The van der Waals surface area contributed by atoms with Gasteiger partial charge < -0.3 is 5.32 Å². The predicted molar refractivity (Wildman–Crippen MR) is 66.5 cm³/mol. The van der Waals surface area contributed by atoms with Crippen LogP contribution in [0.2, 0.25) is 0 Å². The van der Waals surface area contributed by atoms with Crippen molar-refractivity contribution in [2.45, 2.75) is 40.2 Å². The first-order valence-electron chi connectivity index (χ1n) is 6.01. The van der Waals surface area contributed by atoms with E-state index in [0.29, 0.717) is 0 Å². The molecule has 0 aliphatic heterocycles. The van der Waals surface area contributed by atoms with E-state index in [-0.39, 0.29) is 0 Å². The van der Waals surface area contributed by atoms with Crippen molar-refractivity contribution in [3.8, 4) is 0 Å². The molecule has 0 spiro atoms. The molecular weight excluding hydrogens is 200 g/mol. The molecule has 1 N–H and O–H groups in total. The molecule has 4 heteroatoms. The second-order valence-electron chi connectivity index (χ2n) is 3.84. The highest BCUT2D eigenvalue weighted by Gasteiger charge is 2.07. The van der Waals surface area contributed by atoms with Crippen LogP contribution >= 0.6 is 0 Å². The van der Waals surface area contributed by atoms with Crippen LogP contribution in [0, 0.1) is 0 Å². The van der Waals surface area contributed by atoms with E-state index in [1.807, 2.05) is 4.68 Å². The number of nitrogens with one attached hydrogen (secondary N) is 1. The summed E-state index contributed by atoms with van der Waals surface area (Å²) in [6.45, 7) is 12.9. The second kappa shape index (κ2) is 6.43. The van der Waals surface area contributed by atoms with Crippen LogP contribution in [0.3, 0.4) is 0 Å². The number of aryl methyl sites for hydroxylation is 2. The van der Waals surface area contributed by atoms with Crippen LogP contribution in [0.1, 0.15) is 32.4 Å². The molecule has 1 rings (SSSR count). The third kappa shape index (κ3) is 3.45. The molecule has 0 aliphatic carbocycles. The van der Waals surface area contributed by atoms with Gasteiger partial charge in [0.05, 0.1) is 6.54 Å². The number of aromatic nitrogens is 3. The van der Waals surface area contributed by atoms with Gasteiger partial charge in [0.15, 0.2) is 5.82 Å². The average Bonchev–Trinajstić information content (AvgIpc) is 2.68. The fourth-order valence-electron chi connectivity index (χ4n) is 1.53. The van der Waals surface area contributed by atoms with Crippen molar-refractivity contribution in [3.63, 3.8) is 0 Å². The smallest absolute Gasteiger partial charge is 0.150 e. The van der Waals surface area contributed by atoms with Crippen molar-refractivity contribution in [1.82, 2.24) is 20.1 Å². The average molecular weight is 222 g/mol. The van der Waals surface area contributed by atoms with E-state index in [1.165, 1.54) is 0 Å². The summed E-state index contributed by atoms with van der Waals surface area (Å²) >= 11 is 0. The van der Waals surface area contributed by atoms with Crippen LogP contribution < -0.4 is 5.32 Å². The zero-order valence-electron chi connectivity index (χ0n) is 10.6.